The SMILES string of the molecule is NCCNC(=O)O[C@@H]1C[C@H]2C(=O)N[C@@H](CCc3ccccc3)C(=O)N[C@H](Cc3c[nH]c4ccccc34)C(=O)NC(CC3CCNCC3)C3OC3N[C@@H](Cc3ccc(OCC4CCC4)cc3)C(=O)N[C@@H](CCc3cccnc3)C(=O)N2C1. The van der Waals surface area contributed by atoms with Crippen LogP contribution in [0.4, 0.5) is 4.79 Å². The first-order chi connectivity index (χ1) is 39.5. The number of benzene rings is 3. The highest BCUT2D eigenvalue weighted by Gasteiger charge is 2.50. The van der Waals surface area contributed by atoms with Gasteiger partial charge in [0.1, 0.15) is 48.4 Å². The molecule has 4 aliphatic heterocycles. The van der Waals surface area contributed by atoms with Gasteiger partial charge in [-0.25, -0.2) is 4.79 Å². The van der Waals surface area contributed by atoms with Crippen molar-refractivity contribution in [3.8, 4) is 5.75 Å². The quantitative estimate of drug-likeness (QED) is 0.0570. The van der Waals surface area contributed by atoms with Crippen molar-refractivity contribution in [1.82, 2.24) is 52.1 Å². The van der Waals surface area contributed by atoms with Crippen molar-refractivity contribution in [3.63, 3.8) is 0 Å². The number of nitrogens with one attached hydrogen (secondary N) is 8. The van der Waals surface area contributed by atoms with Gasteiger partial charge in [0.2, 0.25) is 29.5 Å². The van der Waals surface area contributed by atoms with Gasteiger partial charge in [-0.3, -0.25) is 34.3 Å². The lowest BCUT2D eigenvalue weighted by Crippen LogP contribution is -2.59. The van der Waals surface area contributed by atoms with E-state index >= 15 is 24.0 Å². The molecule has 0 bridgehead atoms. The molecule has 1 aliphatic carbocycles. The van der Waals surface area contributed by atoms with Gasteiger partial charge in [0, 0.05) is 55.4 Å². The fourth-order valence-electron chi connectivity index (χ4n) is 11.7. The fraction of sp³-hybridized carbons (Fsp3) is 0.492. The molecule has 5 aromatic rings. The number of aromatic nitrogens is 2. The third-order valence-electron chi connectivity index (χ3n) is 16.6. The molecule has 10 N–H and O–H groups in total. The van der Waals surface area contributed by atoms with Gasteiger partial charge in [0.05, 0.1) is 25.2 Å². The number of carbonyl (C=O) groups excluding carboxylic acids is 6. The Morgan fingerprint density at radius 2 is 1.44 bits per heavy atom. The minimum atomic E-state index is -1.25. The number of alkyl carbamates (subject to hydrolysis) is 1. The van der Waals surface area contributed by atoms with Gasteiger partial charge in [-0.15, -0.1) is 0 Å². The van der Waals surface area contributed by atoms with Gasteiger partial charge < -0.3 is 61.7 Å². The minimum Gasteiger partial charge on any atom is -0.493 e. The number of para-hydroxylation sites is 1. The van der Waals surface area contributed by atoms with E-state index in [9.17, 15) is 4.79 Å². The highest BCUT2D eigenvalue weighted by molar-refractivity contribution is 5.97. The number of nitrogens with zero attached hydrogens (tertiary/aromatic N) is 2. The van der Waals surface area contributed by atoms with Crippen molar-refractivity contribution < 1.29 is 43.0 Å². The molecule has 5 fully saturated rings. The number of aryl methyl sites for hydroxylation is 2. The van der Waals surface area contributed by atoms with Crippen LogP contribution in [0.1, 0.15) is 80.0 Å². The van der Waals surface area contributed by atoms with Crippen LogP contribution >= 0.6 is 0 Å². The summed E-state index contributed by atoms with van der Waals surface area (Å²) < 4.78 is 18.4. The van der Waals surface area contributed by atoms with E-state index < -0.39 is 90.3 Å². The molecular weight excluding hydrogens is 1030 g/mol. The normalized spacial score (nSPS) is 26.1. The largest absolute Gasteiger partial charge is 0.493 e. The molecule has 10 rings (SSSR count). The molecule has 430 valence electrons. The summed E-state index contributed by atoms with van der Waals surface area (Å²) in [4.78, 5) is 98.1. The van der Waals surface area contributed by atoms with Crippen molar-refractivity contribution >= 4 is 46.5 Å². The Labute approximate surface area is 472 Å². The van der Waals surface area contributed by atoms with E-state index in [2.05, 4.69) is 47.2 Å². The number of hydrogen-bond donors (Lipinski definition) is 9. The molecule has 0 spiro atoms. The summed E-state index contributed by atoms with van der Waals surface area (Å²) in [7, 11) is 0. The number of pyridine rings is 1. The molecule has 20 nitrogen and oxygen atoms in total. The average molecular weight is 1110 g/mol. The number of amides is 6. The maximum absolute atomic E-state index is 15.5. The number of piperidine rings is 1. The number of epoxide rings is 1. The topological polar surface area (TPSA) is 276 Å². The van der Waals surface area contributed by atoms with Crippen LogP contribution < -0.4 is 47.7 Å². The van der Waals surface area contributed by atoms with Crippen molar-refractivity contribution in [2.75, 3.05) is 39.3 Å². The van der Waals surface area contributed by atoms with Crippen LogP contribution in [0.5, 0.6) is 5.75 Å². The maximum Gasteiger partial charge on any atom is 0.407 e. The average Bonchev–Trinajstić information content (AvgIpc) is 4.04. The predicted molar refractivity (Wildman–Crippen MR) is 303 cm³/mol. The Morgan fingerprint density at radius 1 is 0.728 bits per heavy atom. The zero-order valence-corrected chi connectivity index (χ0v) is 45.8. The second kappa shape index (κ2) is 27.4. The van der Waals surface area contributed by atoms with Crippen LogP contribution in [0.2, 0.25) is 0 Å². The Bertz CT molecular complexity index is 2920. The second-order valence-corrected chi connectivity index (χ2v) is 22.4. The first-order valence-electron chi connectivity index (χ1n) is 29.0. The molecule has 1 saturated carbocycles. The number of H-pyrrole nitrogens is 1. The van der Waals surface area contributed by atoms with Gasteiger partial charge >= 0.3 is 6.09 Å². The molecule has 6 heterocycles. The van der Waals surface area contributed by atoms with E-state index in [-0.39, 0.29) is 57.7 Å². The summed E-state index contributed by atoms with van der Waals surface area (Å²) >= 11 is 0. The zero-order valence-electron chi connectivity index (χ0n) is 45.8. The molecular formula is C61H77N11O9. The van der Waals surface area contributed by atoms with E-state index in [1.54, 1.807) is 18.5 Å². The Morgan fingerprint density at radius 3 is 2.21 bits per heavy atom. The van der Waals surface area contributed by atoms with E-state index in [1.165, 1.54) is 11.3 Å². The summed E-state index contributed by atoms with van der Waals surface area (Å²) in [6.45, 7) is 2.42. The third-order valence-corrected chi connectivity index (χ3v) is 16.6. The molecule has 81 heavy (non-hydrogen) atoms. The van der Waals surface area contributed by atoms with Crippen molar-refractivity contribution in [1.29, 1.82) is 0 Å². The molecule has 3 unspecified atom stereocenters. The second-order valence-electron chi connectivity index (χ2n) is 22.4. The zero-order chi connectivity index (χ0) is 56.1. The first kappa shape index (κ1) is 56.9. The number of nitrogens with two attached hydrogens (primary N) is 1. The van der Waals surface area contributed by atoms with Crippen molar-refractivity contribution in [3.05, 3.63) is 132 Å². The van der Waals surface area contributed by atoms with Gasteiger partial charge in [-0.2, -0.15) is 0 Å². The maximum atomic E-state index is 15.5. The summed E-state index contributed by atoms with van der Waals surface area (Å²) in [6, 6.07) is 22.4. The van der Waals surface area contributed by atoms with Crippen molar-refractivity contribution in [2.24, 2.45) is 17.6 Å². The molecule has 6 amide bonds. The third kappa shape index (κ3) is 15.3. The number of ether oxygens (including phenoxy) is 3. The lowest BCUT2D eigenvalue weighted by atomic mass is 9.86. The van der Waals surface area contributed by atoms with Gasteiger partial charge in [-0.1, -0.05) is 73.2 Å². The molecule has 9 atom stereocenters. The summed E-state index contributed by atoms with van der Waals surface area (Å²) in [5.74, 6) is -1.23. The molecule has 2 aromatic heterocycles. The minimum absolute atomic E-state index is 0.109. The Kier molecular flexibility index (Phi) is 19.2. The lowest BCUT2D eigenvalue weighted by molar-refractivity contribution is -0.142. The van der Waals surface area contributed by atoms with Crippen LogP contribution in [-0.4, -0.2) is 145 Å². The fourth-order valence-corrected chi connectivity index (χ4v) is 11.7. The molecule has 3 aromatic carbocycles. The van der Waals surface area contributed by atoms with Gasteiger partial charge in [-0.05, 0) is 136 Å². The number of fused-ring (bicyclic) bond motifs is 3. The van der Waals surface area contributed by atoms with Crippen LogP contribution in [0.25, 0.3) is 10.9 Å². The number of aromatic amines is 1. The highest BCUT2D eigenvalue weighted by Crippen LogP contribution is 2.32. The molecule has 5 aliphatic rings. The van der Waals surface area contributed by atoms with Crippen LogP contribution in [0, 0.1) is 11.8 Å². The first-order valence-corrected chi connectivity index (χ1v) is 29.0. The highest BCUT2D eigenvalue weighted by atomic mass is 16.6. The summed E-state index contributed by atoms with van der Waals surface area (Å²) in [5, 5.41) is 23.0. The van der Waals surface area contributed by atoms with Gasteiger partial charge in [0.25, 0.3) is 0 Å². The Hall–Kier alpha value is -7.39. The van der Waals surface area contributed by atoms with Gasteiger partial charge in [0.15, 0.2) is 0 Å². The van der Waals surface area contributed by atoms with E-state index in [0.717, 1.165) is 77.7 Å². The van der Waals surface area contributed by atoms with Crippen molar-refractivity contribution in [2.45, 2.75) is 138 Å². The van der Waals surface area contributed by atoms with Crippen LogP contribution in [-0.2, 0) is 59.1 Å². The van der Waals surface area contributed by atoms with Crippen LogP contribution in [0.15, 0.2) is 110 Å². The number of carbonyl (C=O) groups is 6. The molecule has 4 saturated heterocycles. The Balaban J connectivity index is 1.01. The molecule has 0 radical (unpaired) electrons. The van der Waals surface area contributed by atoms with E-state index in [0.29, 0.717) is 31.8 Å². The monoisotopic (exact) mass is 1110 g/mol. The summed E-state index contributed by atoms with van der Waals surface area (Å²) in [5.41, 5.74) is 9.92. The smallest absolute Gasteiger partial charge is 0.407 e. The molecule has 20 heteroatoms. The van der Waals surface area contributed by atoms with Crippen LogP contribution in [0.3, 0.4) is 0 Å². The number of hydrogen-bond acceptors (Lipinski definition) is 13. The standard InChI is InChI=1S/C61H77N11O9/c62-25-29-65-61(78)80-45-33-53-58(76)67-48(21-17-38-8-2-1-3-9-38)55(73)70-52(32-43-35-66-47-14-5-4-13-46(43)47)57(75)69-50(30-40-23-27-63-28-24-40)54-59(81-54)71-51(31-39-15-19-44(20-16-39)79-37-42-10-6-11-42)56(74)68-49(60(77)72(53)36-45)22-18-41-12-7-26-64-34-41/h1-5,7-9,12-16,19-20,26,34-35,40,42,45,48-54,59,63,66,71H,6,10-11,17-18,21-25,27-33,36-37,62H2,(H,65,78)(H,67,76)(H,68,74)(H,69,75)(H,70,73)/t45-,48+,49+,50?,51+,52-,53+,54?,59?/m1/s1. The van der Waals surface area contributed by atoms with E-state index in [4.69, 9.17) is 19.9 Å². The predicted octanol–water partition coefficient (Wildman–Crippen LogP) is 3.47. The summed E-state index contributed by atoms with van der Waals surface area (Å²) in [6.07, 6.45) is 9.30. The lowest BCUT2D eigenvalue weighted by Gasteiger charge is -2.31. The number of rotatable bonds is 18. The van der Waals surface area contributed by atoms with E-state index in [1.807, 2.05) is 91.1 Å².